The van der Waals surface area contributed by atoms with Crippen molar-refractivity contribution in [1.29, 1.82) is 0 Å². The molecule has 1 unspecified atom stereocenters. The number of aromatic nitrogens is 1. The first-order chi connectivity index (χ1) is 20.3. The summed E-state index contributed by atoms with van der Waals surface area (Å²) in [5, 5.41) is 31.0. The summed E-state index contributed by atoms with van der Waals surface area (Å²) < 4.78 is 61.6. The normalized spacial score (nSPS) is 27.1. The van der Waals surface area contributed by atoms with E-state index in [0.29, 0.717) is 0 Å². The van der Waals surface area contributed by atoms with Crippen LogP contribution in [0.3, 0.4) is 0 Å². The number of benzene rings is 1. The highest BCUT2D eigenvalue weighted by Gasteiger charge is 2.42. The van der Waals surface area contributed by atoms with Crippen LogP contribution in [-0.4, -0.2) is 82.3 Å². The third kappa shape index (κ3) is 6.69. The summed E-state index contributed by atoms with van der Waals surface area (Å²) in [6.45, 7) is 2.79. The van der Waals surface area contributed by atoms with Gasteiger partial charge in [-0.05, 0) is 19.1 Å². The van der Waals surface area contributed by atoms with Gasteiger partial charge in [0.05, 0.1) is 42.9 Å². The number of nitrogens with zero attached hydrogens (tertiary/aromatic N) is 1. The molecule has 3 heterocycles. The van der Waals surface area contributed by atoms with Gasteiger partial charge in [0, 0.05) is 17.9 Å². The number of aliphatic hydroxyl groups excluding tert-OH is 1. The fourth-order valence-electron chi connectivity index (χ4n) is 4.77. The number of amides is 4. The van der Waals surface area contributed by atoms with Crippen molar-refractivity contribution < 1.29 is 51.7 Å². The second-order valence-electron chi connectivity index (χ2n) is 10.4. The van der Waals surface area contributed by atoms with Gasteiger partial charge in [-0.25, -0.2) is 4.39 Å². The van der Waals surface area contributed by atoms with Gasteiger partial charge in [0.25, 0.3) is 11.9 Å². The quantitative estimate of drug-likeness (QED) is 0.199. The van der Waals surface area contributed by atoms with Gasteiger partial charge >= 0.3 is 0 Å². The number of aromatic hydroxyl groups is 1. The molecule has 232 valence electrons. The summed E-state index contributed by atoms with van der Waals surface area (Å²) in [4.78, 5) is 55.6. The lowest BCUT2D eigenvalue weighted by Crippen LogP contribution is -2.65. The topological polar surface area (TPSA) is 179 Å². The van der Waals surface area contributed by atoms with E-state index in [1.54, 1.807) is 0 Å². The number of nitrogens with one attached hydrogen (secondary N) is 4. The molecule has 43 heavy (non-hydrogen) atoms. The number of para-hydroxylation sites is 1. The zero-order valence-corrected chi connectivity index (χ0v) is 22.9. The van der Waals surface area contributed by atoms with E-state index >= 15 is 0 Å². The molecule has 0 saturated carbocycles. The maximum absolute atomic E-state index is 14.6. The SMILES string of the molecule is C[C@H]1NC(=O)C(C2COC2)NC(=O)[C@H](C)[C@H](O)[C@H](Cc2c(F)nc(F)c(F)c2F)NC(=O)[C@H]1NC(=O)c1ccccc1O. The van der Waals surface area contributed by atoms with Crippen LogP contribution in [0.1, 0.15) is 29.8 Å². The predicted molar refractivity (Wildman–Crippen MR) is 138 cm³/mol. The lowest BCUT2D eigenvalue weighted by molar-refractivity contribution is -0.141. The number of halogens is 4. The summed E-state index contributed by atoms with van der Waals surface area (Å²) in [5.74, 6) is -13.8. The van der Waals surface area contributed by atoms with Crippen LogP contribution >= 0.6 is 0 Å². The number of carbonyl (C=O) groups excluding carboxylic acids is 4. The maximum Gasteiger partial charge on any atom is 0.255 e. The predicted octanol–water partition coefficient (Wildman–Crippen LogP) is -0.184. The summed E-state index contributed by atoms with van der Waals surface area (Å²) in [7, 11) is 0. The van der Waals surface area contributed by atoms with Crippen LogP contribution in [0.4, 0.5) is 17.6 Å². The van der Waals surface area contributed by atoms with Crippen molar-refractivity contribution in [2.24, 2.45) is 11.8 Å². The zero-order valence-electron chi connectivity index (χ0n) is 22.9. The molecule has 6 atom stereocenters. The second kappa shape index (κ2) is 12.9. The third-order valence-electron chi connectivity index (χ3n) is 7.48. The minimum Gasteiger partial charge on any atom is -0.507 e. The van der Waals surface area contributed by atoms with Crippen molar-refractivity contribution in [3.8, 4) is 5.75 Å². The van der Waals surface area contributed by atoms with Gasteiger partial charge in [0.15, 0.2) is 5.82 Å². The van der Waals surface area contributed by atoms with Crippen LogP contribution in [0.2, 0.25) is 0 Å². The number of aliphatic hydroxyl groups is 1. The van der Waals surface area contributed by atoms with E-state index in [1.807, 2.05) is 0 Å². The first-order valence-corrected chi connectivity index (χ1v) is 13.2. The zero-order chi connectivity index (χ0) is 31.6. The Hall–Kier alpha value is -4.31. The number of hydrogen-bond donors (Lipinski definition) is 6. The molecule has 2 saturated heterocycles. The van der Waals surface area contributed by atoms with E-state index in [0.717, 1.165) is 0 Å². The standard InChI is InChI=1S/C27H29F4N5O7/c1-10-21(38)15(7-14-17(28)18(29)23(31)36-22(14)30)33-26(41)19(34-25(40)13-5-3-4-6-16(13)37)11(2)32-27(42)20(35-24(10)39)12-8-43-9-12/h3-6,10-12,15,19-21,37-38H,7-9H2,1-2H3,(H,32,42)(H,33,41)(H,34,40)(H,35,39)/t10-,11-,15+,19+,20?,21+/m1/s1. The van der Waals surface area contributed by atoms with Gasteiger partial charge in [0.2, 0.25) is 29.5 Å². The van der Waals surface area contributed by atoms with E-state index in [4.69, 9.17) is 4.74 Å². The number of phenolic OH excluding ortho intramolecular Hbond substituents is 1. The van der Waals surface area contributed by atoms with Crippen molar-refractivity contribution in [1.82, 2.24) is 26.3 Å². The third-order valence-corrected chi connectivity index (χ3v) is 7.48. The first kappa shape index (κ1) is 31.6. The van der Waals surface area contributed by atoms with Gasteiger partial charge in [-0.1, -0.05) is 19.1 Å². The minimum atomic E-state index is -2.09. The maximum atomic E-state index is 14.6. The Morgan fingerprint density at radius 3 is 2.28 bits per heavy atom. The van der Waals surface area contributed by atoms with Gasteiger partial charge < -0.3 is 36.2 Å². The van der Waals surface area contributed by atoms with E-state index in [2.05, 4.69) is 26.3 Å². The highest BCUT2D eigenvalue weighted by atomic mass is 19.2. The molecular weight excluding hydrogens is 582 g/mol. The van der Waals surface area contributed by atoms with Crippen LogP contribution in [0.25, 0.3) is 0 Å². The molecule has 2 aliphatic heterocycles. The summed E-state index contributed by atoms with van der Waals surface area (Å²) in [6.07, 6.45) is -2.89. The average molecular weight is 612 g/mol. The van der Waals surface area contributed by atoms with Crippen LogP contribution < -0.4 is 21.3 Å². The van der Waals surface area contributed by atoms with E-state index in [-0.39, 0.29) is 18.8 Å². The Balaban J connectivity index is 1.73. The molecule has 2 aromatic rings. The monoisotopic (exact) mass is 611 g/mol. The molecule has 0 bridgehead atoms. The molecule has 1 aromatic carbocycles. The molecule has 12 nitrogen and oxygen atoms in total. The first-order valence-electron chi connectivity index (χ1n) is 13.2. The number of phenols is 1. The highest BCUT2D eigenvalue weighted by molar-refractivity contribution is 6.00. The summed E-state index contributed by atoms with van der Waals surface area (Å²) >= 11 is 0. The second-order valence-corrected chi connectivity index (χ2v) is 10.4. The molecule has 0 radical (unpaired) electrons. The lowest BCUT2D eigenvalue weighted by Gasteiger charge is -2.37. The largest absolute Gasteiger partial charge is 0.507 e. The van der Waals surface area contributed by atoms with Gasteiger partial charge in [-0.15, -0.1) is 0 Å². The Bertz CT molecular complexity index is 1430. The Kier molecular flexibility index (Phi) is 9.49. The number of hydrogen-bond acceptors (Lipinski definition) is 8. The summed E-state index contributed by atoms with van der Waals surface area (Å²) in [5.41, 5.74) is -1.34. The van der Waals surface area contributed by atoms with Crippen LogP contribution in [0.5, 0.6) is 5.75 Å². The Morgan fingerprint density at radius 2 is 1.65 bits per heavy atom. The van der Waals surface area contributed by atoms with Gasteiger partial charge in [0.1, 0.15) is 17.8 Å². The Labute approximate surface area is 242 Å². The molecule has 2 aliphatic rings. The van der Waals surface area contributed by atoms with E-state index in [1.165, 1.54) is 38.1 Å². The summed E-state index contributed by atoms with van der Waals surface area (Å²) in [6, 6.07) is -0.333. The van der Waals surface area contributed by atoms with Gasteiger partial charge in [-0.3, -0.25) is 19.2 Å². The van der Waals surface area contributed by atoms with Crippen LogP contribution in [-0.2, 0) is 25.5 Å². The molecule has 6 N–H and O–H groups in total. The molecule has 16 heteroatoms. The molecule has 0 spiro atoms. The number of ether oxygens (including phenoxy) is 1. The van der Waals surface area contributed by atoms with Crippen LogP contribution in [0.15, 0.2) is 24.3 Å². The van der Waals surface area contributed by atoms with Crippen molar-refractivity contribution in [2.45, 2.75) is 50.5 Å². The van der Waals surface area contributed by atoms with Gasteiger partial charge in [-0.2, -0.15) is 18.2 Å². The molecule has 4 rings (SSSR count). The Morgan fingerprint density at radius 1 is 0.977 bits per heavy atom. The lowest BCUT2D eigenvalue weighted by atomic mass is 9.90. The molecular formula is C27H29F4N5O7. The number of carbonyl (C=O) groups is 4. The smallest absolute Gasteiger partial charge is 0.255 e. The molecule has 1 aromatic heterocycles. The highest BCUT2D eigenvalue weighted by Crippen LogP contribution is 2.23. The van der Waals surface area contributed by atoms with Crippen molar-refractivity contribution in [3.05, 3.63) is 58.9 Å². The molecule has 4 amide bonds. The minimum absolute atomic E-state index is 0.113. The average Bonchev–Trinajstić information content (AvgIpc) is 2.93. The fourth-order valence-corrected chi connectivity index (χ4v) is 4.77. The van der Waals surface area contributed by atoms with Crippen molar-refractivity contribution in [2.75, 3.05) is 13.2 Å². The molecule has 0 aliphatic carbocycles. The number of rotatable bonds is 5. The number of pyridine rings is 1. The van der Waals surface area contributed by atoms with Crippen molar-refractivity contribution >= 4 is 23.6 Å². The van der Waals surface area contributed by atoms with Crippen LogP contribution in [0, 0.1) is 35.4 Å². The fraction of sp³-hybridized carbons (Fsp3) is 0.444. The van der Waals surface area contributed by atoms with Crippen molar-refractivity contribution in [3.63, 3.8) is 0 Å². The molecule has 2 fully saturated rings. The van der Waals surface area contributed by atoms with E-state index < -0.39 is 107 Å². The van der Waals surface area contributed by atoms with E-state index in [9.17, 15) is 47.0 Å².